The minimum absolute atomic E-state index is 0.0283. The molecule has 0 saturated carbocycles. The fourth-order valence-corrected chi connectivity index (χ4v) is 2.49. The van der Waals surface area contributed by atoms with Crippen LogP contribution < -0.4 is 14.8 Å². The number of nitrogens with one attached hydrogen (secondary N) is 1. The van der Waals surface area contributed by atoms with Crippen molar-refractivity contribution in [3.05, 3.63) is 56.6 Å². The number of ether oxygens (including phenoxy) is 3. The van der Waals surface area contributed by atoms with Gasteiger partial charge in [0.05, 0.1) is 30.4 Å². The first kappa shape index (κ1) is 21.8. The first-order chi connectivity index (χ1) is 13.7. The van der Waals surface area contributed by atoms with Crippen LogP contribution in [0.3, 0.4) is 0 Å². The molecule has 0 bridgehead atoms. The second-order valence-corrected chi connectivity index (χ2v) is 5.73. The number of alkyl halides is 2. The zero-order valence-electron chi connectivity index (χ0n) is 14.9. The van der Waals surface area contributed by atoms with Crippen molar-refractivity contribution in [2.24, 2.45) is 0 Å². The van der Waals surface area contributed by atoms with Crippen molar-refractivity contribution < 1.29 is 37.5 Å². The van der Waals surface area contributed by atoms with Gasteiger partial charge in [-0.1, -0.05) is 11.6 Å². The van der Waals surface area contributed by atoms with Crippen molar-refractivity contribution in [3.63, 3.8) is 0 Å². The Hall–Kier alpha value is -3.47. The largest absolute Gasteiger partial charge is 0.493 e. The molecule has 29 heavy (non-hydrogen) atoms. The van der Waals surface area contributed by atoms with Gasteiger partial charge in [-0.15, -0.1) is 0 Å². The lowest BCUT2D eigenvalue weighted by atomic mass is 10.1. The zero-order valence-corrected chi connectivity index (χ0v) is 15.7. The maximum atomic E-state index is 12.7. The number of hydrogen-bond donors (Lipinski definition) is 1. The second-order valence-electron chi connectivity index (χ2n) is 5.29. The molecule has 12 heteroatoms. The molecule has 0 heterocycles. The van der Waals surface area contributed by atoms with Crippen LogP contribution in [0.25, 0.3) is 0 Å². The molecule has 154 valence electrons. The molecule has 0 radical (unpaired) electrons. The predicted octanol–water partition coefficient (Wildman–Crippen LogP) is 3.90. The topological polar surface area (TPSA) is 117 Å². The van der Waals surface area contributed by atoms with Crippen LogP contribution in [0.4, 0.5) is 20.2 Å². The van der Waals surface area contributed by atoms with E-state index in [0.29, 0.717) is 0 Å². The summed E-state index contributed by atoms with van der Waals surface area (Å²) in [6.07, 6.45) is 0. The molecule has 0 aromatic heterocycles. The van der Waals surface area contributed by atoms with Gasteiger partial charge in [-0.05, 0) is 12.1 Å². The van der Waals surface area contributed by atoms with Gasteiger partial charge >= 0.3 is 12.6 Å². The van der Waals surface area contributed by atoms with E-state index in [0.717, 1.165) is 38.5 Å². The van der Waals surface area contributed by atoms with Crippen LogP contribution in [0.2, 0.25) is 5.02 Å². The van der Waals surface area contributed by atoms with Crippen molar-refractivity contribution >= 4 is 34.9 Å². The lowest BCUT2D eigenvalue weighted by molar-refractivity contribution is -0.385. The minimum Gasteiger partial charge on any atom is -0.493 e. The molecule has 0 unspecified atom stereocenters. The third-order valence-corrected chi connectivity index (χ3v) is 3.81. The molecule has 0 fully saturated rings. The van der Waals surface area contributed by atoms with Gasteiger partial charge in [-0.25, -0.2) is 4.79 Å². The summed E-state index contributed by atoms with van der Waals surface area (Å²) < 4.78 is 39.1. The van der Waals surface area contributed by atoms with Gasteiger partial charge < -0.3 is 19.5 Å². The summed E-state index contributed by atoms with van der Waals surface area (Å²) in [6.45, 7) is -3.21. The summed E-state index contributed by atoms with van der Waals surface area (Å²) in [5.41, 5.74) is -1.51. The van der Waals surface area contributed by atoms with Crippen LogP contribution in [0.15, 0.2) is 30.3 Å². The van der Waals surface area contributed by atoms with Crippen LogP contribution in [0.5, 0.6) is 11.5 Å². The quantitative estimate of drug-likeness (QED) is 0.402. The van der Waals surface area contributed by atoms with E-state index in [1.54, 1.807) is 0 Å². The number of methoxy groups -OCH3 is 2. The van der Waals surface area contributed by atoms with E-state index >= 15 is 0 Å². The lowest BCUT2D eigenvalue weighted by Gasteiger charge is -2.15. The van der Waals surface area contributed by atoms with Crippen molar-refractivity contribution in [2.75, 3.05) is 19.5 Å². The molecule has 0 aliphatic carbocycles. The smallest absolute Gasteiger partial charge is 0.387 e. The van der Waals surface area contributed by atoms with Crippen LogP contribution in [-0.4, -0.2) is 37.6 Å². The van der Waals surface area contributed by atoms with Crippen molar-refractivity contribution in [1.82, 2.24) is 0 Å². The van der Waals surface area contributed by atoms with E-state index in [4.69, 9.17) is 16.3 Å². The standard InChI is InChI=1S/C17H13ClF2N2O7/c1-27-13-6-10(16(24)28-2)11(7-14(13)29-17(19)20)21-15(23)9-4-3-8(18)5-12(9)22(25)26/h3-7,17H,1-2H3,(H,21,23). The van der Waals surface area contributed by atoms with E-state index in [9.17, 15) is 28.5 Å². The average Bonchev–Trinajstić information content (AvgIpc) is 2.66. The van der Waals surface area contributed by atoms with Crippen molar-refractivity contribution in [1.29, 1.82) is 0 Å². The van der Waals surface area contributed by atoms with Crippen LogP contribution in [0.1, 0.15) is 20.7 Å². The van der Waals surface area contributed by atoms with Gasteiger partial charge in [-0.2, -0.15) is 8.78 Å². The van der Waals surface area contributed by atoms with Crippen molar-refractivity contribution in [3.8, 4) is 11.5 Å². The van der Waals surface area contributed by atoms with Gasteiger partial charge in [0, 0.05) is 23.2 Å². The summed E-state index contributed by atoms with van der Waals surface area (Å²) >= 11 is 5.72. The highest BCUT2D eigenvalue weighted by atomic mass is 35.5. The Morgan fingerprint density at radius 2 is 1.83 bits per heavy atom. The van der Waals surface area contributed by atoms with E-state index in [1.165, 1.54) is 6.07 Å². The number of amides is 1. The summed E-state index contributed by atoms with van der Waals surface area (Å²) in [5, 5.41) is 13.5. The monoisotopic (exact) mass is 430 g/mol. The number of nitro benzene ring substituents is 1. The number of esters is 1. The fourth-order valence-electron chi connectivity index (χ4n) is 2.33. The number of rotatable bonds is 7. The highest BCUT2D eigenvalue weighted by molar-refractivity contribution is 6.31. The highest BCUT2D eigenvalue weighted by Crippen LogP contribution is 2.35. The molecule has 9 nitrogen and oxygen atoms in total. The second kappa shape index (κ2) is 9.15. The molecular formula is C17H13ClF2N2O7. The number of nitro groups is 1. The molecule has 0 atom stereocenters. The molecule has 0 spiro atoms. The first-order valence-electron chi connectivity index (χ1n) is 7.68. The number of halogens is 3. The summed E-state index contributed by atoms with van der Waals surface area (Å²) in [5.74, 6) is -2.61. The van der Waals surface area contributed by atoms with Gasteiger partial charge in [0.1, 0.15) is 5.56 Å². The molecule has 0 aliphatic heterocycles. The Labute approximate surface area is 167 Å². The molecule has 0 saturated heterocycles. The highest BCUT2D eigenvalue weighted by Gasteiger charge is 2.25. The van der Waals surface area contributed by atoms with E-state index in [1.807, 2.05) is 0 Å². The lowest BCUT2D eigenvalue weighted by Crippen LogP contribution is -2.17. The molecule has 1 amide bonds. The summed E-state index contributed by atoms with van der Waals surface area (Å²) in [7, 11) is 2.22. The Morgan fingerprint density at radius 1 is 1.14 bits per heavy atom. The number of carbonyl (C=O) groups excluding carboxylic acids is 2. The fraction of sp³-hybridized carbons (Fsp3) is 0.176. The Morgan fingerprint density at radius 3 is 2.38 bits per heavy atom. The molecule has 0 aliphatic rings. The van der Waals surface area contributed by atoms with Crippen LogP contribution in [-0.2, 0) is 4.74 Å². The van der Waals surface area contributed by atoms with E-state index in [-0.39, 0.29) is 27.6 Å². The Balaban J connectivity index is 2.54. The molecular weight excluding hydrogens is 418 g/mol. The number of nitrogens with zero attached hydrogens (tertiary/aromatic N) is 1. The van der Waals surface area contributed by atoms with Gasteiger partial charge in [0.15, 0.2) is 11.5 Å². The number of carbonyl (C=O) groups is 2. The number of anilines is 1. The Bertz CT molecular complexity index is 969. The van der Waals surface area contributed by atoms with Gasteiger partial charge in [0.25, 0.3) is 11.6 Å². The molecule has 2 rings (SSSR count). The zero-order chi connectivity index (χ0) is 21.7. The number of hydrogen-bond acceptors (Lipinski definition) is 7. The van der Waals surface area contributed by atoms with Crippen LogP contribution >= 0.6 is 11.6 Å². The van der Waals surface area contributed by atoms with Gasteiger partial charge in [0.2, 0.25) is 0 Å². The number of benzene rings is 2. The molecule has 1 N–H and O–H groups in total. The van der Waals surface area contributed by atoms with Gasteiger partial charge in [-0.3, -0.25) is 14.9 Å². The summed E-state index contributed by atoms with van der Waals surface area (Å²) in [6, 6.07) is 5.27. The van der Waals surface area contributed by atoms with E-state index < -0.39 is 34.8 Å². The van der Waals surface area contributed by atoms with E-state index in [2.05, 4.69) is 14.8 Å². The third-order valence-electron chi connectivity index (χ3n) is 3.57. The third kappa shape index (κ3) is 5.08. The maximum absolute atomic E-state index is 12.7. The maximum Gasteiger partial charge on any atom is 0.387 e. The molecule has 2 aromatic carbocycles. The predicted molar refractivity (Wildman–Crippen MR) is 97.0 cm³/mol. The normalized spacial score (nSPS) is 10.4. The van der Waals surface area contributed by atoms with Crippen LogP contribution in [0, 0.1) is 10.1 Å². The average molecular weight is 431 g/mol. The Kier molecular flexibility index (Phi) is 6.89. The van der Waals surface area contributed by atoms with Crippen molar-refractivity contribution in [2.45, 2.75) is 6.61 Å². The molecule has 2 aromatic rings. The minimum atomic E-state index is -3.21. The first-order valence-corrected chi connectivity index (χ1v) is 8.06. The summed E-state index contributed by atoms with van der Waals surface area (Å²) in [4.78, 5) is 35.0. The SMILES string of the molecule is COC(=O)c1cc(OC)c(OC(F)F)cc1NC(=O)c1ccc(Cl)cc1[N+](=O)[O-].